The van der Waals surface area contributed by atoms with E-state index in [0.717, 1.165) is 10.7 Å². The van der Waals surface area contributed by atoms with E-state index >= 15 is 0 Å². The average molecular weight is 285 g/mol. The lowest BCUT2D eigenvalue weighted by Gasteiger charge is -2.22. The predicted octanol–water partition coefficient (Wildman–Crippen LogP) is 1.50. The van der Waals surface area contributed by atoms with Gasteiger partial charge in [-0.15, -0.1) is 11.3 Å². The molecule has 2 aromatic rings. The summed E-state index contributed by atoms with van der Waals surface area (Å²) in [5.74, 6) is 0.651. The highest BCUT2D eigenvalue weighted by molar-refractivity contribution is 7.15. The molecule has 0 aromatic carbocycles. The van der Waals surface area contributed by atoms with Crippen molar-refractivity contribution < 1.29 is 14.2 Å². The molecule has 7 heteroatoms. The highest BCUT2D eigenvalue weighted by Crippen LogP contribution is 2.23. The molecular formula is C12H19N3O3S. The van der Waals surface area contributed by atoms with Gasteiger partial charge >= 0.3 is 0 Å². The van der Waals surface area contributed by atoms with Gasteiger partial charge in [0.15, 0.2) is 11.3 Å². The van der Waals surface area contributed by atoms with Crippen LogP contribution in [0.25, 0.3) is 4.96 Å². The van der Waals surface area contributed by atoms with Crippen molar-refractivity contribution in [1.82, 2.24) is 14.7 Å². The third-order valence-corrected chi connectivity index (χ3v) is 3.74. The van der Waals surface area contributed by atoms with E-state index in [1.54, 1.807) is 32.7 Å². The Hall–Kier alpha value is -1.15. The van der Waals surface area contributed by atoms with Gasteiger partial charge in [-0.1, -0.05) is 0 Å². The molecule has 0 spiro atoms. The first-order valence-corrected chi connectivity index (χ1v) is 6.86. The Morgan fingerprint density at radius 2 is 2.11 bits per heavy atom. The van der Waals surface area contributed by atoms with Crippen molar-refractivity contribution in [1.29, 1.82) is 0 Å². The summed E-state index contributed by atoms with van der Waals surface area (Å²) in [6, 6.07) is 0.0592. The number of nitrogens with one attached hydrogen (secondary N) is 1. The molecule has 0 bridgehead atoms. The molecule has 0 amide bonds. The average Bonchev–Trinajstić information content (AvgIpc) is 2.98. The van der Waals surface area contributed by atoms with Gasteiger partial charge < -0.3 is 19.5 Å². The summed E-state index contributed by atoms with van der Waals surface area (Å²) in [6.45, 7) is 2.64. The van der Waals surface area contributed by atoms with Crippen LogP contribution in [0.5, 0.6) is 5.88 Å². The number of fused-ring (bicyclic) bond motifs is 1. The van der Waals surface area contributed by atoms with Gasteiger partial charge in [-0.05, 0) is 6.92 Å². The van der Waals surface area contributed by atoms with Crippen molar-refractivity contribution in [3.05, 3.63) is 17.3 Å². The van der Waals surface area contributed by atoms with Crippen molar-refractivity contribution in [2.45, 2.75) is 25.8 Å². The minimum Gasteiger partial charge on any atom is -0.480 e. The van der Waals surface area contributed by atoms with Crippen LogP contribution in [0.4, 0.5) is 0 Å². The minimum absolute atomic E-state index is 0.0592. The number of thiazole rings is 1. The number of rotatable bonds is 7. The van der Waals surface area contributed by atoms with E-state index < -0.39 is 0 Å². The van der Waals surface area contributed by atoms with Crippen LogP contribution >= 0.6 is 11.3 Å². The lowest BCUT2D eigenvalue weighted by molar-refractivity contribution is -0.119. The normalized spacial score (nSPS) is 13.3. The SMILES string of the molecule is COc1nc2sccn2c1CNC(C)C(OC)OC. The van der Waals surface area contributed by atoms with Crippen molar-refractivity contribution in [2.24, 2.45) is 0 Å². The van der Waals surface area contributed by atoms with E-state index in [-0.39, 0.29) is 12.3 Å². The molecule has 1 unspecified atom stereocenters. The number of aromatic nitrogens is 2. The first-order valence-electron chi connectivity index (χ1n) is 5.98. The highest BCUT2D eigenvalue weighted by atomic mass is 32.1. The van der Waals surface area contributed by atoms with Gasteiger partial charge in [0.2, 0.25) is 5.88 Å². The second kappa shape index (κ2) is 6.33. The monoisotopic (exact) mass is 285 g/mol. The summed E-state index contributed by atoms with van der Waals surface area (Å²) in [6.07, 6.45) is 1.71. The Morgan fingerprint density at radius 1 is 1.37 bits per heavy atom. The molecule has 0 radical (unpaired) electrons. The number of ether oxygens (including phenoxy) is 3. The summed E-state index contributed by atoms with van der Waals surface area (Å²) in [5, 5.41) is 5.36. The molecule has 0 aliphatic carbocycles. The Kier molecular flexibility index (Phi) is 4.76. The second-order valence-electron chi connectivity index (χ2n) is 4.13. The number of nitrogens with zero attached hydrogens (tertiary/aromatic N) is 2. The Morgan fingerprint density at radius 3 is 2.74 bits per heavy atom. The number of hydrogen-bond acceptors (Lipinski definition) is 6. The maximum absolute atomic E-state index is 5.31. The van der Waals surface area contributed by atoms with Crippen LogP contribution in [-0.4, -0.2) is 43.0 Å². The van der Waals surface area contributed by atoms with E-state index in [0.29, 0.717) is 12.4 Å². The lowest BCUT2D eigenvalue weighted by atomic mass is 10.3. The molecule has 0 saturated carbocycles. The van der Waals surface area contributed by atoms with Crippen LogP contribution in [0.3, 0.4) is 0 Å². The Labute approximate surface area is 116 Å². The molecule has 0 aliphatic heterocycles. The van der Waals surface area contributed by atoms with Crippen LogP contribution in [0, 0.1) is 0 Å². The first-order chi connectivity index (χ1) is 9.21. The van der Waals surface area contributed by atoms with Crippen molar-refractivity contribution >= 4 is 16.3 Å². The van der Waals surface area contributed by atoms with Crippen LogP contribution < -0.4 is 10.1 Å². The number of hydrogen-bond donors (Lipinski definition) is 1. The van der Waals surface area contributed by atoms with Gasteiger partial charge in [0.05, 0.1) is 13.2 Å². The molecule has 19 heavy (non-hydrogen) atoms. The summed E-state index contributed by atoms with van der Waals surface area (Å²) in [5.41, 5.74) is 0.997. The third-order valence-electron chi connectivity index (χ3n) is 2.98. The molecule has 1 atom stereocenters. The smallest absolute Gasteiger partial charge is 0.237 e. The maximum atomic E-state index is 5.31. The standard InChI is InChI=1S/C12H19N3O3S/c1-8(11(17-3)18-4)13-7-9-10(16-2)14-12-15(9)5-6-19-12/h5-6,8,11,13H,7H2,1-4H3. The molecule has 0 aliphatic rings. The molecule has 2 aromatic heterocycles. The zero-order valence-corrected chi connectivity index (χ0v) is 12.4. The zero-order chi connectivity index (χ0) is 13.8. The van der Waals surface area contributed by atoms with E-state index in [2.05, 4.69) is 10.3 Å². The summed E-state index contributed by atoms with van der Waals surface area (Å²) < 4.78 is 17.8. The molecule has 0 fully saturated rings. The summed E-state index contributed by atoms with van der Waals surface area (Å²) in [4.78, 5) is 5.34. The molecular weight excluding hydrogens is 266 g/mol. The van der Waals surface area contributed by atoms with E-state index in [9.17, 15) is 0 Å². The summed E-state index contributed by atoms with van der Waals surface area (Å²) in [7, 11) is 4.89. The van der Waals surface area contributed by atoms with Crippen LogP contribution in [0.1, 0.15) is 12.6 Å². The minimum atomic E-state index is -0.281. The fourth-order valence-corrected chi connectivity index (χ4v) is 2.72. The molecule has 6 nitrogen and oxygen atoms in total. The van der Waals surface area contributed by atoms with Gasteiger partial charge in [-0.3, -0.25) is 4.40 Å². The Balaban J connectivity index is 2.10. The number of imidazole rings is 1. The van der Waals surface area contributed by atoms with Gasteiger partial charge in [0, 0.05) is 32.3 Å². The van der Waals surface area contributed by atoms with E-state index in [4.69, 9.17) is 14.2 Å². The third kappa shape index (κ3) is 2.89. The van der Waals surface area contributed by atoms with Gasteiger partial charge in [0.1, 0.15) is 5.69 Å². The maximum Gasteiger partial charge on any atom is 0.237 e. The largest absolute Gasteiger partial charge is 0.480 e. The predicted molar refractivity (Wildman–Crippen MR) is 73.7 cm³/mol. The second-order valence-corrected chi connectivity index (χ2v) is 5.01. The summed E-state index contributed by atoms with van der Waals surface area (Å²) >= 11 is 1.58. The lowest BCUT2D eigenvalue weighted by Crippen LogP contribution is -2.39. The van der Waals surface area contributed by atoms with Crippen LogP contribution in [0.2, 0.25) is 0 Å². The van der Waals surface area contributed by atoms with Crippen LogP contribution in [-0.2, 0) is 16.0 Å². The quantitative estimate of drug-likeness (QED) is 0.781. The fourth-order valence-electron chi connectivity index (χ4n) is 2.00. The van der Waals surface area contributed by atoms with Gasteiger partial charge in [-0.25, -0.2) is 0 Å². The van der Waals surface area contributed by atoms with Crippen molar-refractivity contribution in [3.63, 3.8) is 0 Å². The zero-order valence-electron chi connectivity index (χ0n) is 11.5. The molecule has 1 N–H and O–H groups in total. The molecule has 106 valence electrons. The van der Waals surface area contributed by atoms with Gasteiger partial charge in [-0.2, -0.15) is 4.98 Å². The Bertz CT molecular complexity index is 521. The van der Waals surface area contributed by atoms with E-state index in [1.165, 1.54) is 0 Å². The fraction of sp³-hybridized carbons (Fsp3) is 0.583. The molecule has 2 heterocycles. The van der Waals surface area contributed by atoms with Crippen LogP contribution in [0.15, 0.2) is 11.6 Å². The highest BCUT2D eigenvalue weighted by Gasteiger charge is 2.18. The van der Waals surface area contributed by atoms with E-state index in [1.807, 2.05) is 22.9 Å². The number of methoxy groups -OCH3 is 3. The first kappa shape index (κ1) is 14.3. The molecule has 2 rings (SSSR count). The molecule has 0 saturated heterocycles. The van der Waals surface area contributed by atoms with Crippen molar-refractivity contribution in [3.8, 4) is 5.88 Å². The van der Waals surface area contributed by atoms with Gasteiger partial charge in [0.25, 0.3) is 0 Å². The van der Waals surface area contributed by atoms with Crippen molar-refractivity contribution in [2.75, 3.05) is 21.3 Å². The topological polar surface area (TPSA) is 57.0 Å².